The zero-order valence-electron chi connectivity index (χ0n) is 11.4. The third-order valence-corrected chi connectivity index (χ3v) is 3.16. The summed E-state index contributed by atoms with van der Waals surface area (Å²) in [5.74, 6) is 0.567. The maximum atomic E-state index is 5.82. The van der Waals surface area contributed by atoms with Crippen molar-refractivity contribution in [2.24, 2.45) is 5.73 Å². The van der Waals surface area contributed by atoms with Crippen molar-refractivity contribution >= 4 is 16.9 Å². The van der Waals surface area contributed by atoms with E-state index in [1.54, 1.807) is 0 Å². The van der Waals surface area contributed by atoms with Gasteiger partial charge in [0.25, 0.3) is 0 Å². The second-order valence-electron chi connectivity index (χ2n) is 4.70. The molecule has 0 saturated carbocycles. The molecular weight excluding hydrogens is 252 g/mol. The molecule has 2 aromatic heterocycles. The summed E-state index contributed by atoms with van der Waals surface area (Å²) >= 11 is 0. The molecule has 0 aliphatic rings. The molecule has 0 fully saturated rings. The van der Waals surface area contributed by atoms with Gasteiger partial charge >= 0.3 is 0 Å². The third-order valence-electron chi connectivity index (χ3n) is 3.16. The summed E-state index contributed by atoms with van der Waals surface area (Å²) in [6, 6.07) is 11.5. The first kappa shape index (κ1) is 12.6. The van der Waals surface area contributed by atoms with Crippen molar-refractivity contribution in [3.8, 4) is 11.5 Å². The number of fused-ring (bicyclic) bond motifs is 1. The first-order chi connectivity index (χ1) is 9.67. The number of oxazole rings is 1. The maximum Gasteiger partial charge on any atom is 0.247 e. The quantitative estimate of drug-likeness (QED) is 0.763. The summed E-state index contributed by atoms with van der Waals surface area (Å²) < 4.78 is 5.72. The van der Waals surface area contributed by atoms with Crippen LogP contribution >= 0.6 is 0 Å². The van der Waals surface area contributed by atoms with Gasteiger partial charge in [-0.15, -0.1) is 0 Å². The number of rotatable bonds is 3. The van der Waals surface area contributed by atoms with Crippen LogP contribution in [0.4, 0.5) is 5.69 Å². The molecule has 0 aliphatic carbocycles. The van der Waals surface area contributed by atoms with Crippen molar-refractivity contribution in [3.63, 3.8) is 0 Å². The molecule has 0 saturated heterocycles. The molecule has 0 spiro atoms. The van der Waals surface area contributed by atoms with Crippen LogP contribution in [0, 0.1) is 0 Å². The SMILES string of the molecule is CNc1ccc(-c2nc3ccc(C(C)N)nc3o2)cc1. The molecule has 1 atom stereocenters. The second kappa shape index (κ2) is 4.94. The topological polar surface area (TPSA) is 77.0 Å². The van der Waals surface area contributed by atoms with Crippen LogP contribution in [0.2, 0.25) is 0 Å². The predicted molar refractivity (Wildman–Crippen MR) is 79.4 cm³/mol. The van der Waals surface area contributed by atoms with Gasteiger partial charge in [-0.3, -0.25) is 0 Å². The van der Waals surface area contributed by atoms with Gasteiger partial charge in [-0.1, -0.05) is 0 Å². The van der Waals surface area contributed by atoms with Crippen LogP contribution in [0.5, 0.6) is 0 Å². The summed E-state index contributed by atoms with van der Waals surface area (Å²) in [7, 11) is 1.88. The van der Waals surface area contributed by atoms with E-state index in [2.05, 4.69) is 15.3 Å². The van der Waals surface area contributed by atoms with Gasteiger partial charge in [0.1, 0.15) is 5.52 Å². The number of nitrogens with two attached hydrogens (primary N) is 1. The van der Waals surface area contributed by atoms with E-state index in [1.807, 2.05) is 50.4 Å². The molecule has 0 bridgehead atoms. The number of benzene rings is 1. The Bertz CT molecular complexity index is 731. The minimum atomic E-state index is -0.122. The third kappa shape index (κ3) is 2.23. The van der Waals surface area contributed by atoms with E-state index in [9.17, 15) is 0 Å². The van der Waals surface area contributed by atoms with Gasteiger partial charge in [-0.25, -0.2) is 9.97 Å². The predicted octanol–water partition coefficient (Wildman–Crippen LogP) is 2.95. The summed E-state index contributed by atoms with van der Waals surface area (Å²) in [4.78, 5) is 8.84. The summed E-state index contributed by atoms with van der Waals surface area (Å²) in [6.07, 6.45) is 0. The van der Waals surface area contributed by atoms with Crippen LogP contribution in [0.3, 0.4) is 0 Å². The Balaban J connectivity index is 2.03. The highest BCUT2D eigenvalue weighted by Gasteiger charge is 2.11. The number of hydrogen-bond donors (Lipinski definition) is 2. The van der Waals surface area contributed by atoms with E-state index < -0.39 is 0 Å². The number of aromatic nitrogens is 2. The molecule has 20 heavy (non-hydrogen) atoms. The number of hydrogen-bond acceptors (Lipinski definition) is 5. The van der Waals surface area contributed by atoms with Crippen molar-refractivity contribution in [2.75, 3.05) is 12.4 Å². The molecular formula is C15H16N4O. The zero-order chi connectivity index (χ0) is 14.1. The summed E-state index contributed by atoms with van der Waals surface area (Å²) in [5.41, 5.74) is 9.84. The molecule has 3 aromatic rings. The largest absolute Gasteiger partial charge is 0.418 e. The van der Waals surface area contributed by atoms with Crippen LogP contribution in [0.15, 0.2) is 40.8 Å². The number of pyridine rings is 1. The van der Waals surface area contributed by atoms with Crippen molar-refractivity contribution in [1.29, 1.82) is 0 Å². The molecule has 5 heteroatoms. The Hall–Kier alpha value is -2.40. The molecule has 0 aliphatic heterocycles. The summed E-state index contributed by atoms with van der Waals surface area (Å²) in [6.45, 7) is 1.89. The van der Waals surface area contributed by atoms with Crippen LogP contribution < -0.4 is 11.1 Å². The van der Waals surface area contributed by atoms with Gasteiger partial charge in [0.2, 0.25) is 11.6 Å². The van der Waals surface area contributed by atoms with Crippen LogP contribution in [0.1, 0.15) is 18.7 Å². The smallest absolute Gasteiger partial charge is 0.247 e. The zero-order valence-corrected chi connectivity index (χ0v) is 11.4. The molecule has 0 radical (unpaired) electrons. The number of nitrogens with one attached hydrogen (secondary N) is 1. The van der Waals surface area contributed by atoms with Gasteiger partial charge in [0.05, 0.1) is 5.69 Å². The minimum Gasteiger partial charge on any atom is -0.418 e. The molecule has 102 valence electrons. The number of nitrogens with zero attached hydrogens (tertiary/aromatic N) is 2. The molecule has 2 heterocycles. The molecule has 3 N–H and O–H groups in total. The Morgan fingerprint density at radius 2 is 1.85 bits per heavy atom. The molecule has 0 amide bonds. The van der Waals surface area contributed by atoms with E-state index in [0.29, 0.717) is 11.6 Å². The average Bonchev–Trinajstić information content (AvgIpc) is 2.90. The Morgan fingerprint density at radius 3 is 2.50 bits per heavy atom. The Morgan fingerprint density at radius 1 is 1.10 bits per heavy atom. The van der Waals surface area contributed by atoms with E-state index in [0.717, 1.165) is 22.5 Å². The van der Waals surface area contributed by atoms with E-state index >= 15 is 0 Å². The van der Waals surface area contributed by atoms with E-state index in [1.165, 1.54) is 0 Å². The average molecular weight is 268 g/mol. The first-order valence-corrected chi connectivity index (χ1v) is 6.48. The lowest BCUT2D eigenvalue weighted by Gasteiger charge is -2.01. The van der Waals surface area contributed by atoms with Crippen LogP contribution in [0.25, 0.3) is 22.7 Å². The molecule has 1 unspecified atom stereocenters. The van der Waals surface area contributed by atoms with Crippen molar-refractivity contribution in [1.82, 2.24) is 9.97 Å². The highest BCUT2D eigenvalue weighted by Crippen LogP contribution is 2.25. The van der Waals surface area contributed by atoms with Crippen molar-refractivity contribution in [3.05, 3.63) is 42.1 Å². The van der Waals surface area contributed by atoms with Gasteiger partial charge in [0, 0.05) is 24.3 Å². The lowest BCUT2D eigenvalue weighted by Crippen LogP contribution is -2.06. The van der Waals surface area contributed by atoms with Gasteiger partial charge in [-0.05, 0) is 43.3 Å². The van der Waals surface area contributed by atoms with E-state index in [4.69, 9.17) is 10.2 Å². The fourth-order valence-corrected chi connectivity index (χ4v) is 1.99. The maximum absolute atomic E-state index is 5.82. The normalized spacial score (nSPS) is 12.6. The fourth-order valence-electron chi connectivity index (χ4n) is 1.99. The highest BCUT2D eigenvalue weighted by atomic mass is 16.4. The number of anilines is 1. The van der Waals surface area contributed by atoms with Crippen molar-refractivity contribution < 1.29 is 4.42 Å². The lowest BCUT2D eigenvalue weighted by molar-refractivity contribution is 0.603. The monoisotopic (exact) mass is 268 g/mol. The van der Waals surface area contributed by atoms with Gasteiger partial charge in [-0.2, -0.15) is 0 Å². The van der Waals surface area contributed by atoms with Crippen molar-refractivity contribution in [2.45, 2.75) is 13.0 Å². The minimum absolute atomic E-state index is 0.122. The van der Waals surface area contributed by atoms with Gasteiger partial charge in [0.15, 0.2) is 0 Å². The standard InChI is InChI=1S/C15H16N4O/c1-9(16)12-7-8-13-15(18-12)20-14(19-13)10-3-5-11(17-2)6-4-10/h3-9,17H,16H2,1-2H3. The van der Waals surface area contributed by atoms with Crippen LogP contribution in [-0.4, -0.2) is 17.0 Å². The van der Waals surface area contributed by atoms with Crippen LogP contribution in [-0.2, 0) is 0 Å². The Kier molecular flexibility index (Phi) is 3.12. The van der Waals surface area contributed by atoms with E-state index in [-0.39, 0.29) is 6.04 Å². The fraction of sp³-hybridized carbons (Fsp3) is 0.200. The molecule has 1 aromatic carbocycles. The summed E-state index contributed by atoms with van der Waals surface area (Å²) in [5, 5.41) is 3.07. The second-order valence-corrected chi connectivity index (χ2v) is 4.70. The highest BCUT2D eigenvalue weighted by molar-refractivity contribution is 5.73. The molecule has 5 nitrogen and oxygen atoms in total. The van der Waals surface area contributed by atoms with Gasteiger partial charge < -0.3 is 15.5 Å². The first-order valence-electron chi connectivity index (χ1n) is 6.48. The lowest BCUT2D eigenvalue weighted by atomic mass is 10.2. The molecule has 3 rings (SSSR count). The Labute approximate surface area is 116 Å².